The second-order valence-corrected chi connectivity index (χ2v) is 31.7. The zero-order chi connectivity index (χ0) is 71.9. The zero-order valence-corrected chi connectivity index (χ0v) is 63.2. The molecule has 3 atom stereocenters. The maximum absolute atomic E-state index is 13.5. The van der Waals surface area contributed by atoms with Gasteiger partial charge in [-0.1, -0.05) is 177 Å². The van der Waals surface area contributed by atoms with Crippen molar-refractivity contribution < 1.29 is 27.2 Å². The van der Waals surface area contributed by atoms with Gasteiger partial charge in [-0.15, -0.1) is 0 Å². The van der Waals surface area contributed by atoms with Gasteiger partial charge in [-0.2, -0.15) is 38.8 Å². The van der Waals surface area contributed by atoms with Crippen LogP contribution in [-0.2, 0) is 33.5 Å². The quantitative estimate of drug-likeness (QED) is 0.0940. The molecule has 0 bridgehead atoms. The van der Waals surface area contributed by atoms with Crippen LogP contribution in [0.4, 0.5) is 4.39 Å². The van der Waals surface area contributed by atoms with E-state index in [0.29, 0.717) is 87.1 Å². The number of hydrogen-bond donors (Lipinski definition) is 3. The van der Waals surface area contributed by atoms with Gasteiger partial charge in [-0.25, -0.2) is 26.9 Å². The van der Waals surface area contributed by atoms with E-state index in [1.807, 2.05) is 124 Å². The number of hydrogen-bond acceptors (Lipinski definition) is 11. The van der Waals surface area contributed by atoms with E-state index >= 15 is 0 Å². The molecule has 3 aliphatic heterocycles. The van der Waals surface area contributed by atoms with Crippen molar-refractivity contribution in [3.05, 3.63) is 307 Å². The van der Waals surface area contributed by atoms with E-state index in [0.717, 1.165) is 71.8 Å². The van der Waals surface area contributed by atoms with E-state index in [-0.39, 0.29) is 59.4 Å². The number of rotatable bonds is 14. The monoisotopic (exact) mass is 1600 g/mol. The zero-order valence-electron chi connectivity index (χ0n) is 54.7. The summed E-state index contributed by atoms with van der Waals surface area (Å²) in [5.41, 5.74) is 13.9. The molecule has 0 saturated carbocycles. The highest BCUT2D eigenvalue weighted by Gasteiger charge is 2.35. The Morgan fingerprint density at radius 3 is 1.36 bits per heavy atom. The number of nitrogens with zero attached hydrogens (tertiary/aromatic N) is 7. The average molecular weight is 1600 g/mol. The van der Waals surface area contributed by atoms with Crippen LogP contribution in [0.2, 0.25) is 30.1 Å². The Hall–Kier alpha value is -7.99. The Bertz CT molecular complexity index is 4920. The van der Waals surface area contributed by atoms with E-state index in [2.05, 4.69) is 60.2 Å². The van der Waals surface area contributed by atoms with Gasteiger partial charge in [0.1, 0.15) is 5.82 Å². The molecule has 7 heterocycles. The summed E-state index contributed by atoms with van der Waals surface area (Å²) in [4.78, 5) is 44.4. The van der Waals surface area contributed by atoms with Crippen LogP contribution in [0, 0.1) is 5.82 Å². The van der Waals surface area contributed by atoms with E-state index in [1.165, 1.54) is 12.1 Å². The van der Waals surface area contributed by atoms with Crippen molar-refractivity contribution in [2.75, 3.05) is 17.3 Å². The molecule has 3 aliphatic rings. The van der Waals surface area contributed by atoms with Gasteiger partial charge >= 0.3 is 0 Å². The fourth-order valence-corrected chi connectivity index (χ4v) is 17.0. The normalized spacial score (nSPS) is 15.2. The number of pyridine rings is 1. The molecule has 520 valence electrons. The van der Waals surface area contributed by atoms with E-state index in [4.69, 9.17) is 79.8 Å². The molecule has 0 unspecified atom stereocenters. The van der Waals surface area contributed by atoms with Crippen LogP contribution < -0.4 is 16.0 Å². The molecular formula is C76H62BrCl6FN10O5S3. The molecule has 0 saturated heterocycles. The van der Waals surface area contributed by atoms with Crippen molar-refractivity contribution in [1.29, 1.82) is 0 Å². The second-order valence-electron chi connectivity index (χ2n) is 24.1. The Balaban J connectivity index is 0.000000145. The van der Waals surface area contributed by atoms with Crippen molar-refractivity contribution >= 4 is 160 Å². The molecule has 11 aromatic rings. The van der Waals surface area contributed by atoms with Crippen LogP contribution in [0.25, 0.3) is 40.4 Å². The van der Waals surface area contributed by atoms with E-state index < -0.39 is 15.7 Å². The van der Waals surface area contributed by atoms with Gasteiger partial charge in [-0.3, -0.25) is 19.4 Å². The molecule has 3 amide bonds. The summed E-state index contributed by atoms with van der Waals surface area (Å²) in [6.07, 6.45) is 6.09. The first-order chi connectivity index (χ1) is 49.1. The van der Waals surface area contributed by atoms with E-state index in [9.17, 15) is 27.2 Å². The van der Waals surface area contributed by atoms with Crippen LogP contribution in [-0.4, -0.2) is 77.7 Å². The van der Waals surface area contributed by atoms with Crippen molar-refractivity contribution in [3.8, 4) is 17.1 Å². The number of carbonyl (C=O) groups excluding carboxylic acids is 3. The average Bonchev–Trinajstić information content (AvgIpc) is 1.61. The van der Waals surface area contributed by atoms with Gasteiger partial charge < -0.3 is 16.0 Å². The number of amides is 3. The van der Waals surface area contributed by atoms with Crippen LogP contribution >= 0.6 is 109 Å². The maximum atomic E-state index is 13.5. The number of sulfone groups is 1. The molecule has 0 aliphatic carbocycles. The second kappa shape index (κ2) is 32.8. The molecule has 102 heavy (non-hydrogen) atoms. The summed E-state index contributed by atoms with van der Waals surface area (Å²) in [5, 5.41) is 25.9. The number of thioether (sulfide) groups is 2. The first kappa shape index (κ1) is 73.8. The first-order valence-corrected chi connectivity index (χ1v) is 39.2. The van der Waals surface area contributed by atoms with Crippen LogP contribution in [0.5, 0.6) is 0 Å². The Morgan fingerprint density at radius 2 is 0.922 bits per heavy atom. The topological polar surface area (TPSA) is 188 Å². The smallest absolute Gasteiger partial charge is 0.272 e. The minimum absolute atomic E-state index is 0.00161. The molecule has 14 rings (SSSR count). The summed E-state index contributed by atoms with van der Waals surface area (Å²) < 4.78 is 44.1. The van der Waals surface area contributed by atoms with E-state index in [1.54, 1.807) is 104 Å². The molecular weight excluding hydrogens is 1540 g/mol. The number of halogens is 8. The van der Waals surface area contributed by atoms with Gasteiger partial charge in [-0.05, 0) is 157 Å². The molecule has 3 N–H and O–H groups in total. The van der Waals surface area contributed by atoms with Crippen LogP contribution in [0.3, 0.4) is 0 Å². The minimum atomic E-state index is -3.31. The maximum Gasteiger partial charge on any atom is 0.272 e. The third-order valence-electron chi connectivity index (χ3n) is 16.9. The molecule has 4 aromatic heterocycles. The SMILES string of the molecule is C[C@@H](NC(=O)c1nn(-c2ccc(Cl)cc2Cl)c2c1CS(=O)(=O)CC2)c1ccccc1.C[C@@H](NC(=O)c1nn(-c2ccc(Cl)cc2Cl)c2c1CSC/C2=C\c1ccc(Br)cc1)c1ccccc1.C[C@@H](NC(=O)c1nn(-c2ccc(Cl)cc2Cl)c2c1CSC/C2=C\c1ccc(F)cc1)c1ccccn1. The summed E-state index contributed by atoms with van der Waals surface area (Å²) in [6.45, 7) is 5.72. The van der Waals surface area contributed by atoms with Gasteiger partial charge in [0.15, 0.2) is 26.9 Å². The lowest BCUT2D eigenvalue weighted by atomic mass is 10.0. The van der Waals surface area contributed by atoms with Crippen LogP contribution in [0.1, 0.15) is 132 Å². The molecule has 0 radical (unpaired) electrons. The van der Waals surface area contributed by atoms with Crippen molar-refractivity contribution in [3.63, 3.8) is 0 Å². The van der Waals surface area contributed by atoms with Gasteiger partial charge in [0.05, 0.1) is 84.5 Å². The summed E-state index contributed by atoms with van der Waals surface area (Å²) in [5.74, 6) is 1.33. The number of fused-ring (bicyclic) bond motifs is 3. The Kier molecular flexibility index (Phi) is 23.7. The molecule has 0 spiro atoms. The number of aromatic nitrogens is 7. The highest BCUT2D eigenvalue weighted by atomic mass is 79.9. The molecule has 15 nitrogen and oxygen atoms in total. The number of nitrogens with one attached hydrogen (secondary N) is 3. The number of carbonyl (C=O) groups is 3. The predicted molar refractivity (Wildman–Crippen MR) is 415 cm³/mol. The number of benzene rings is 7. The van der Waals surface area contributed by atoms with Crippen molar-refractivity contribution in [2.24, 2.45) is 0 Å². The first-order valence-electron chi connectivity index (χ1n) is 32.0. The highest BCUT2D eigenvalue weighted by Crippen LogP contribution is 2.42. The minimum Gasteiger partial charge on any atom is -0.344 e. The van der Waals surface area contributed by atoms with Gasteiger partial charge in [0.2, 0.25) is 0 Å². The van der Waals surface area contributed by atoms with Gasteiger partial charge in [0, 0.05) is 71.9 Å². The lowest BCUT2D eigenvalue weighted by Crippen LogP contribution is -2.29. The summed E-state index contributed by atoms with van der Waals surface area (Å²) >= 11 is 44.8. The van der Waals surface area contributed by atoms with Crippen molar-refractivity contribution in [1.82, 2.24) is 50.3 Å². The summed E-state index contributed by atoms with van der Waals surface area (Å²) in [6, 6.07) is 54.1. The Labute approximate surface area is 636 Å². The predicted octanol–water partition coefficient (Wildman–Crippen LogP) is 19.4. The molecule has 0 fully saturated rings. The largest absolute Gasteiger partial charge is 0.344 e. The van der Waals surface area contributed by atoms with Crippen LogP contribution in [0.15, 0.2) is 193 Å². The fourth-order valence-electron chi connectivity index (χ4n) is 11.9. The molecule has 26 heteroatoms. The van der Waals surface area contributed by atoms with Gasteiger partial charge in [0.25, 0.3) is 17.7 Å². The standard InChI is InChI=1S/C28H22BrCl2N3OS.C27H21Cl2FN4OS.C21H19Cl2N3O3S/c1-17(19-5-3-2-4-6-19)32-28(35)26-23-16-36-15-20(13-18-7-9-21(29)10-8-18)27(23)34(33-26)25-12-11-22(30)14-24(25)31;1-16(23-4-2-3-11-31-23)32-27(35)25-21-15-36-14-18(12-17-5-8-20(30)9-6-17)26(21)34(33-25)24-10-7-19(28)13-22(24)29;1-13(14-5-3-2-4-6-14)24-21(27)20-16-12-30(28,29)10-9-18(16)26(25-20)19-8-7-15(22)11-17(19)23/h2-14,17H,15-16H2,1H3,(H,32,35);2-13,16H,14-15H2,1H3,(H,32,35);2-8,11,13H,9-10,12H2,1H3,(H,24,27)/b20-13+;18-12+;/t17-;16-;13-/m111/s1. The third kappa shape index (κ3) is 17.3. The van der Waals surface area contributed by atoms with Crippen molar-refractivity contribution in [2.45, 2.75) is 62.6 Å². The fraction of sp³-hybridized carbons (Fsp3) is 0.171. The lowest BCUT2D eigenvalue weighted by molar-refractivity contribution is 0.0925. The molecule has 7 aromatic carbocycles. The summed E-state index contributed by atoms with van der Waals surface area (Å²) in [7, 11) is -3.31. The lowest BCUT2D eigenvalue weighted by Gasteiger charge is -2.19. The third-order valence-corrected chi connectivity index (χ3v) is 22.7. The Morgan fingerprint density at radius 1 is 0.510 bits per heavy atom. The highest BCUT2D eigenvalue weighted by molar-refractivity contribution is 9.10.